The lowest BCUT2D eigenvalue weighted by Crippen LogP contribution is -2.32. The van der Waals surface area contributed by atoms with Crippen molar-refractivity contribution in [3.8, 4) is 5.75 Å². The zero-order valence-electron chi connectivity index (χ0n) is 12.0. The SMILES string of the molecule is CC(C)(C)OC(=O)NCc1cccc(OS(C)(=O)=O)c1. The lowest BCUT2D eigenvalue weighted by Gasteiger charge is -2.19. The van der Waals surface area contributed by atoms with E-state index in [1.54, 1.807) is 39.0 Å². The highest BCUT2D eigenvalue weighted by Crippen LogP contribution is 2.15. The quantitative estimate of drug-likeness (QED) is 0.861. The second-order valence-electron chi connectivity index (χ2n) is 5.29. The third-order valence-corrected chi connectivity index (χ3v) is 2.48. The first-order valence-electron chi connectivity index (χ1n) is 6.00. The van der Waals surface area contributed by atoms with Crippen molar-refractivity contribution in [3.63, 3.8) is 0 Å². The third-order valence-electron chi connectivity index (χ3n) is 1.98. The molecule has 0 aliphatic rings. The molecule has 1 aromatic carbocycles. The van der Waals surface area contributed by atoms with Gasteiger partial charge in [0.1, 0.15) is 11.4 Å². The summed E-state index contributed by atoms with van der Waals surface area (Å²) in [6.45, 7) is 5.53. The van der Waals surface area contributed by atoms with Gasteiger partial charge in [0, 0.05) is 6.54 Å². The minimum Gasteiger partial charge on any atom is -0.444 e. The number of alkyl carbamates (subject to hydrolysis) is 1. The molecule has 1 N–H and O–H groups in total. The number of carbonyl (C=O) groups excluding carboxylic acids is 1. The Hall–Kier alpha value is -1.76. The van der Waals surface area contributed by atoms with Gasteiger partial charge in [-0.15, -0.1) is 0 Å². The van der Waals surface area contributed by atoms with Crippen LogP contribution in [0.25, 0.3) is 0 Å². The van der Waals surface area contributed by atoms with Crippen LogP contribution in [0.1, 0.15) is 26.3 Å². The Morgan fingerprint density at radius 2 is 1.95 bits per heavy atom. The molecule has 0 saturated carbocycles. The summed E-state index contributed by atoms with van der Waals surface area (Å²) in [6, 6.07) is 6.45. The second kappa shape index (κ2) is 6.13. The van der Waals surface area contributed by atoms with E-state index < -0.39 is 21.8 Å². The molecule has 0 aliphatic carbocycles. The first-order valence-corrected chi connectivity index (χ1v) is 7.82. The van der Waals surface area contributed by atoms with Gasteiger partial charge in [-0.05, 0) is 38.5 Å². The molecule has 0 saturated heterocycles. The zero-order valence-corrected chi connectivity index (χ0v) is 12.8. The maximum Gasteiger partial charge on any atom is 0.407 e. The Morgan fingerprint density at radius 1 is 1.30 bits per heavy atom. The van der Waals surface area contributed by atoms with Gasteiger partial charge in [-0.2, -0.15) is 8.42 Å². The molecule has 1 amide bonds. The fourth-order valence-corrected chi connectivity index (χ4v) is 1.82. The van der Waals surface area contributed by atoms with Crippen LogP contribution in [0.3, 0.4) is 0 Å². The van der Waals surface area contributed by atoms with Gasteiger partial charge in [0.25, 0.3) is 0 Å². The van der Waals surface area contributed by atoms with Gasteiger partial charge in [0.2, 0.25) is 0 Å². The van der Waals surface area contributed by atoms with E-state index >= 15 is 0 Å². The predicted octanol–water partition coefficient (Wildman–Crippen LogP) is 2.05. The normalized spacial score (nSPS) is 11.8. The standard InChI is InChI=1S/C13H19NO5S/c1-13(2,3)18-12(15)14-9-10-6-5-7-11(8-10)19-20(4,16)17/h5-8H,9H2,1-4H3,(H,14,15). The van der Waals surface area contributed by atoms with Crippen molar-refractivity contribution in [2.75, 3.05) is 6.26 Å². The first-order chi connectivity index (χ1) is 9.05. The summed E-state index contributed by atoms with van der Waals surface area (Å²) < 4.78 is 31.9. The summed E-state index contributed by atoms with van der Waals surface area (Å²) in [5, 5.41) is 2.58. The molecule has 0 aliphatic heterocycles. The molecule has 0 radical (unpaired) electrons. The van der Waals surface area contributed by atoms with Crippen LogP contribution in [0.15, 0.2) is 24.3 Å². The highest BCUT2D eigenvalue weighted by atomic mass is 32.2. The van der Waals surface area contributed by atoms with Crippen LogP contribution in [-0.4, -0.2) is 26.4 Å². The Kier molecular flexibility index (Phi) is 4.99. The van der Waals surface area contributed by atoms with Crippen molar-refractivity contribution in [1.29, 1.82) is 0 Å². The molecule has 0 fully saturated rings. The summed E-state index contributed by atoms with van der Waals surface area (Å²) in [7, 11) is -3.56. The van der Waals surface area contributed by atoms with Crippen molar-refractivity contribution < 1.29 is 22.1 Å². The third kappa shape index (κ3) is 6.98. The van der Waals surface area contributed by atoms with Gasteiger partial charge in [0.15, 0.2) is 0 Å². The molecule has 0 aromatic heterocycles. The average molecular weight is 301 g/mol. The van der Waals surface area contributed by atoms with Crippen LogP contribution >= 0.6 is 0 Å². The van der Waals surface area contributed by atoms with Crippen LogP contribution < -0.4 is 9.50 Å². The lowest BCUT2D eigenvalue weighted by molar-refractivity contribution is 0.0523. The monoisotopic (exact) mass is 301 g/mol. The Bertz CT molecular complexity index is 575. The molecule has 6 nitrogen and oxygen atoms in total. The van der Waals surface area contributed by atoms with E-state index in [9.17, 15) is 13.2 Å². The molecule has 0 bridgehead atoms. The highest BCUT2D eigenvalue weighted by molar-refractivity contribution is 7.86. The number of benzene rings is 1. The molecular weight excluding hydrogens is 282 g/mol. The molecule has 20 heavy (non-hydrogen) atoms. The minimum atomic E-state index is -3.56. The van der Waals surface area contributed by atoms with Crippen molar-refractivity contribution in [1.82, 2.24) is 5.32 Å². The average Bonchev–Trinajstić information content (AvgIpc) is 2.22. The number of carbonyl (C=O) groups is 1. The van der Waals surface area contributed by atoms with E-state index in [2.05, 4.69) is 5.32 Å². The van der Waals surface area contributed by atoms with E-state index in [-0.39, 0.29) is 12.3 Å². The van der Waals surface area contributed by atoms with Crippen LogP contribution in [-0.2, 0) is 21.4 Å². The van der Waals surface area contributed by atoms with Gasteiger partial charge in [0.05, 0.1) is 6.26 Å². The maximum atomic E-state index is 11.5. The molecule has 112 valence electrons. The Balaban J connectivity index is 2.61. The van der Waals surface area contributed by atoms with Crippen molar-refractivity contribution in [3.05, 3.63) is 29.8 Å². The zero-order chi connectivity index (χ0) is 15.4. The number of hydrogen-bond donors (Lipinski definition) is 1. The van der Waals surface area contributed by atoms with Crippen LogP contribution in [0.2, 0.25) is 0 Å². The fourth-order valence-electron chi connectivity index (χ4n) is 1.37. The van der Waals surface area contributed by atoms with Gasteiger partial charge < -0.3 is 14.2 Å². The number of amides is 1. The molecule has 1 rings (SSSR count). The van der Waals surface area contributed by atoms with E-state index in [0.29, 0.717) is 5.56 Å². The highest BCUT2D eigenvalue weighted by Gasteiger charge is 2.15. The topological polar surface area (TPSA) is 81.7 Å². The van der Waals surface area contributed by atoms with Crippen molar-refractivity contribution in [2.24, 2.45) is 0 Å². The van der Waals surface area contributed by atoms with E-state index in [1.807, 2.05) is 0 Å². The predicted molar refractivity (Wildman–Crippen MR) is 75.0 cm³/mol. The maximum absolute atomic E-state index is 11.5. The Labute approximate surface area is 119 Å². The lowest BCUT2D eigenvalue weighted by atomic mass is 10.2. The Morgan fingerprint density at radius 3 is 2.50 bits per heavy atom. The van der Waals surface area contributed by atoms with Gasteiger partial charge in [-0.1, -0.05) is 12.1 Å². The number of nitrogens with one attached hydrogen (secondary N) is 1. The van der Waals surface area contributed by atoms with E-state index in [1.165, 1.54) is 6.07 Å². The van der Waals surface area contributed by atoms with Gasteiger partial charge in [-0.25, -0.2) is 4.79 Å². The molecule has 0 atom stereocenters. The van der Waals surface area contributed by atoms with Gasteiger partial charge >= 0.3 is 16.2 Å². The number of rotatable bonds is 4. The largest absolute Gasteiger partial charge is 0.444 e. The summed E-state index contributed by atoms with van der Waals surface area (Å²) in [5.74, 6) is 0.205. The van der Waals surface area contributed by atoms with Gasteiger partial charge in [-0.3, -0.25) is 0 Å². The molecule has 7 heteroatoms. The summed E-state index contributed by atoms with van der Waals surface area (Å²) in [5.41, 5.74) is 0.141. The van der Waals surface area contributed by atoms with Crippen LogP contribution in [0, 0.1) is 0 Å². The molecule has 0 heterocycles. The molecule has 0 unspecified atom stereocenters. The summed E-state index contributed by atoms with van der Waals surface area (Å²) >= 11 is 0. The summed E-state index contributed by atoms with van der Waals surface area (Å²) in [4.78, 5) is 11.5. The smallest absolute Gasteiger partial charge is 0.407 e. The minimum absolute atomic E-state index is 0.205. The molecule has 1 aromatic rings. The van der Waals surface area contributed by atoms with Crippen molar-refractivity contribution in [2.45, 2.75) is 32.9 Å². The molecule has 0 spiro atoms. The number of hydrogen-bond acceptors (Lipinski definition) is 5. The van der Waals surface area contributed by atoms with E-state index in [0.717, 1.165) is 6.26 Å². The second-order valence-corrected chi connectivity index (χ2v) is 6.87. The van der Waals surface area contributed by atoms with Crippen molar-refractivity contribution >= 4 is 16.2 Å². The molecular formula is C13H19NO5S. The van der Waals surface area contributed by atoms with Crippen LogP contribution in [0.5, 0.6) is 5.75 Å². The van der Waals surface area contributed by atoms with Crippen LogP contribution in [0.4, 0.5) is 4.79 Å². The van der Waals surface area contributed by atoms with E-state index in [4.69, 9.17) is 8.92 Å². The number of ether oxygens (including phenoxy) is 1. The fraction of sp³-hybridized carbons (Fsp3) is 0.462. The summed E-state index contributed by atoms with van der Waals surface area (Å²) in [6.07, 6.45) is 0.436. The first kappa shape index (κ1) is 16.3.